The van der Waals surface area contributed by atoms with Crippen LogP contribution in [0.5, 0.6) is 11.5 Å². The number of hydrogen-bond acceptors (Lipinski definition) is 11. The van der Waals surface area contributed by atoms with E-state index >= 15 is 0 Å². The number of anilines is 2. The Morgan fingerprint density at radius 2 is 1.80 bits per heavy atom. The molecular formula is C46H62N6O7. The first kappa shape index (κ1) is 41.5. The van der Waals surface area contributed by atoms with Crippen LogP contribution >= 0.6 is 0 Å². The normalized spacial score (nSPS) is 27.8. The van der Waals surface area contributed by atoms with Crippen molar-refractivity contribution < 1.29 is 33.3 Å². The first-order valence-electron chi connectivity index (χ1n) is 21.8. The summed E-state index contributed by atoms with van der Waals surface area (Å²) < 4.78 is 29.5. The van der Waals surface area contributed by atoms with Gasteiger partial charge in [-0.2, -0.15) is 0 Å². The number of benzene rings is 2. The lowest BCUT2D eigenvalue weighted by atomic mass is 9.68. The van der Waals surface area contributed by atoms with E-state index in [2.05, 4.69) is 20.0 Å². The number of fused-ring (bicyclic) bond motifs is 1. The van der Waals surface area contributed by atoms with Gasteiger partial charge in [0.15, 0.2) is 0 Å². The van der Waals surface area contributed by atoms with E-state index in [4.69, 9.17) is 28.7 Å². The highest BCUT2D eigenvalue weighted by Crippen LogP contribution is 2.62. The van der Waals surface area contributed by atoms with Crippen molar-refractivity contribution in [1.29, 1.82) is 0 Å². The quantitative estimate of drug-likeness (QED) is 0.173. The zero-order valence-electron chi connectivity index (χ0n) is 35.1. The largest absolute Gasteiger partial charge is 0.495 e. The maximum atomic E-state index is 13.9. The van der Waals surface area contributed by atoms with Gasteiger partial charge in [-0.15, -0.1) is 0 Å². The van der Waals surface area contributed by atoms with Gasteiger partial charge >= 0.3 is 6.09 Å². The molecule has 3 aliphatic heterocycles. The first-order valence-corrected chi connectivity index (χ1v) is 21.8. The van der Waals surface area contributed by atoms with Crippen molar-refractivity contribution in [3.8, 4) is 11.5 Å². The van der Waals surface area contributed by atoms with E-state index in [0.717, 1.165) is 82.0 Å². The molecule has 6 atom stereocenters. The van der Waals surface area contributed by atoms with E-state index in [-0.39, 0.29) is 29.5 Å². The summed E-state index contributed by atoms with van der Waals surface area (Å²) in [6.45, 7) is 12.6. The van der Waals surface area contributed by atoms with Crippen LogP contribution in [-0.2, 0) is 19.0 Å². The molecule has 1 N–H and O–H groups in total. The number of likely N-dealkylation sites (tertiary alicyclic amines) is 1. The molecule has 6 aliphatic rings. The highest BCUT2D eigenvalue weighted by atomic mass is 16.6. The van der Waals surface area contributed by atoms with Crippen molar-refractivity contribution in [2.24, 2.45) is 16.3 Å². The SMILES string of the molecule is CCOc1ccccc1N1C(=O)C2C=CC=CC2=NC1CN1CCN(CCCCOCCOCN2C3CCCC34CC(OC(=O)Nc3cc(C)ccc3OC)CC24)CC1. The van der Waals surface area contributed by atoms with E-state index in [1.54, 1.807) is 7.11 Å². The molecule has 0 aromatic heterocycles. The molecule has 2 aromatic rings. The molecule has 3 heterocycles. The van der Waals surface area contributed by atoms with Crippen LogP contribution in [0.15, 0.2) is 71.8 Å². The number of aliphatic imine (C=N–C) groups is 1. The highest BCUT2D eigenvalue weighted by Gasteiger charge is 2.66. The number of allylic oxidation sites excluding steroid dienone is 3. The molecule has 2 amide bonds. The summed E-state index contributed by atoms with van der Waals surface area (Å²) in [6.07, 6.45) is 14.5. The van der Waals surface area contributed by atoms with Crippen molar-refractivity contribution >= 4 is 29.1 Å². The number of aryl methyl sites for hydroxylation is 1. The second-order valence-corrected chi connectivity index (χ2v) is 16.8. The molecule has 2 saturated heterocycles. The monoisotopic (exact) mass is 810 g/mol. The number of nitrogens with one attached hydrogen (secondary N) is 1. The molecule has 8 rings (SSSR count). The minimum Gasteiger partial charge on any atom is -0.495 e. The number of unbranched alkanes of at least 4 members (excludes halogenated alkanes) is 1. The average Bonchev–Trinajstić information content (AvgIpc) is 3.75. The van der Waals surface area contributed by atoms with Crippen molar-refractivity contribution in [3.63, 3.8) is 0 Å². The Kier molecular flexibility index (Phi) is 13.3. The highest BCUT2D eigenvalue weighted by molar-refractivity contribution is 6.18. The Bertz CT molecular complexity index is 1880. The molecule has 3 aliphatic carbocycles. The van der Waals surface area contributed by atoms with Gasteiger partial charge in [0.25, 0.3) is 0 Å². The lowest BCUT2D eigenvalue weighted by Crippen LogP contribution is -2.67. The van der Waals surface area contributed by atoms with Gasteiger partial charge < -0.3 is 28.6 Å². The number of carbonyl (C=O) groups excluding carboxylic acids is 2. The second-order valence-electron chi connectivity index (χ2n) is 16.8. The van der Waals surface area contributed by atoms with Crippen LogP contribution in [0, 0.1) is 18.3 Å². The Morgan fingerprint density at radius 3 is 2.64 bits per heavy atom. The maximum absolute atomic E-state index is 13.9. The smallest absolute Gasteiger partial charge is 0.412 e. The molecule has 4 fully saturated rings. The molecule has 2 saturated carbocycles. The number of para-hydroxylation sites is 2. The molecule has 318 valence electrons. The molecular weight excluding hydrogens is 749 g/mol. The summed E-state index contributed by atoms with van der Waals surface area (Å²) in [5.74, 6) is 1.02. The zero-order valence-corrected chi connectivity index (χ0v) is 35.1. The third kappa shape index (κ3) is 9.10. The lowest BCUT2D eigenvalue weighted by molar-refractivity contribution is -0.157. The third-order valence-electron chi connectivity index (χ3n) is 13.2. The molecule has 6 unspecified atom stereocenters. The van der Waals surface area contributed by atoms with Crippen LogP contribution in [0.2, 0.25) is 0 Å². The Balaban J connectivity index is 0.709. The van der Waals surface area contributed by atoms with Gasteiger partial charge in [-0.1, -0.05) is 42.8 Å². The minimum absolute atomic E-state index is 0.0464. The number of hydrogen-bond donors (Lipinski definition) is 1. The van der Waals surface area contributed by atoms with Gasteiger partial charge in [0.2, 0.25) is 5.91 Å². The Labute approximate surface area is 349 Å². The van der Waals surface area contributed by atoms with Gasteiger partial charge in [0.1, 0.15) is 23.8 Å². The molecule has 59 heavy (non-hydrogen) atoms. The van der Waals surface area contributed by atoms with Gasteiger partial charge in [0.05, 0.1) is 56.7 Å². The number of carbonyl (C=O) groups is 2. The first-order chi connectivity index (χ1) is 28.9. The van der Waals surface area contributed by atoms with Gasteiger partial charge in [-0.25, -0.2) is 4.79 Å². The van der Waals surface area contributed by atoms with Crippen LogP contribution in [-0.4, -0.2) is 136 Å². The summed E-state index contributed by atoms with van der Waals surface area (Å²) in [4.78, 5) is 41.3. The fourth-order valence-corrected chi connectivity index (χ4v) is 10.5. The summed E-state index contributed by atoms with van der Waals surface area (Å²) in [5.41, 5.74) is 3.54. The third-order valence-corrected chi connectivity index (χ3v) is 13.2. The maximum Gasteiger partial charge on any atom is 0.412 e. The van der Waals surface area contributed by atoms with Gasteiger partial charge in [-0.3, -0.25) is 29.8 Å². The van der Waals surface area contributed by atoms with Gasteiger partial charge in [-0.05, 0) is 88.4 Å². The summed E-state index contributed by atoms with van der Waals surface area (Å²) in [5, 5.41) is 2.90. The van der Waals surface area contributed by atoms with Gasteiger partial charge in [0, 0.05) is 63.3 Å². The van der Waals surface area contributed by atoms with E-state index < -0.39 is 6.09 Å². The number of nitrogens with zero attached hydrogens (tertiary/aromatic N) is 5. The van der Waals surface area contributed by atoms with Crippen molar-refractivity contribution in [2.45, 2.75) is 83.1 Å². The molecule has 13 nitrogen and oxygen atoms in total. The number of methoxy groups -OCH3 is 1. The second kappa shape index (κ2) is 19.0. The topological polar surface area (TPSA) is 118 Å². The molecule has 0 radical (unpaired) electrons. The fourth-order valence-electron chi connectivity index (χ4n) is 10.5. The minimum atomic E-state index is -0.421. The lowest BCUT2D eigenvalue weighted by Gasteiger charge is -2.58. The summed E-state index contributed by atoms with van der Waals surface area (Å²) in [7, 11) is 1.60. The number of rotatable bonds is 18. The van der Waals surface area contributed by atoms with Crippen LogP contribution in [0.1, 0.15) is 57.4 Å². The van der Waals surface area contributed by atoms with Crippen LogP contribution in [0.25, 0.3) is 0 Å². The molecule has 0 bridgehead atoms. The molecule has 2 aromatic carbocycles. The van der Waals surface area contributed by atoms with Crippen molar-refractivity contribution in [3.05, 3.63) is 72.3 Å². The van der Waals surface area contributed by atoms with Crippen LogP contribution in [0.3, 0.4) is 0 Å². The van der Waals surface area contributed by atoms with Crippen molar-refractivity contribution in [2.75, 3.05) is 89.8 Å². The summed E-state index contributed by atoms with van der Waals surface area (Å²) in [6, 6.07) is 14.4. The standard InChI is InChI=1S/C46H62N6O7/c1-4-58-40-15-8-7-14-38(40)52-43(47-36-13-6-5-12-35(36)44(52)53)31-50-23-21-49(22-24-50)20-9-10-25-56-26-27-57-32-51-41-16-11-19-46(41)30-34(29-42(46)51)59-45(54)48-37-28-33(2)17-18-39(37)55-3/h5-8,12-15,17-18,28,34-35,41-43H,4,9-11,16,19-27,29-32H2,1-3H3,(H,48,54). The molecule has 1 spiro atoms. The van der Waals surface area contributed by atoms with Crippen molar-refractivity contribution in [1.82, 2.24) is 14.7 Å². The van der Waals surface area contributed by atoms with E-state index in [9.17, 15) is 9.59 Å². The number of ether oxygens (including phenoxy) is 5. The predicted octanol–water partition coefficient (Wildman–Crippen LogP) is 6.28. The predicted molar refractivity (Wildman–Crippen MR) is 228 cm³/mol. The van der Waals surface area contributed by atoms with Crippen LogP contribution in [0.4, 0.5) is 16.2 Å². The average molecular weight is 811 g/mol. The zero-order chi connectivity index (χ0) is 40.8. The van der Waals surface area contributed by atoms with Crippen LogP contribution < -0.4 is 19.7 Å². The number of amides is 2. The number of piperazine rings is 1. The Morgan fingerprint density at radius 1 is 0.966 bits per heavy atom. The molecule has 13 heteroatoms. The van der Waals surface area contributed by atoms with E-state index in [1.165, 1.54) is 19.3 Å². The van der Waals surface area contributed by atoms with E-state index in [1.807, 2.05) is 85.5 Å². The van der Waals surface area contributed by atoms with E-state index in [0.29, 0.717) is 62.4 Å². The fraction of sp³-hybridized carbons (Fsp3) is 0.587. The Hall–Kier alpha value is -4.27. The summed E-state index contributed by atoms with van der Waals surface area (Å²) >= 11 is 0.